The summed E-state index contributed by atoms with van der Waals surface area (Å²) in [7, 11) is 0. The minimum Gasteiger partial charge on any atom is -0.480 e. The largest absolute Gasteiger partial charge is 0.480 e. The minimum absolute atomic E-state index is 0.145. The van der Waals surface area contributed by atoms with Crippen LogP contribution in [0.3, 0.4) is 0 Å². The summed E-state index contributed by atoms with van der Waals surface area (Å²) in [6.45, 7) is 4.74. The summed E-state index contributed by atoms with van der Waals surface area (Å²) in [6.07, 6.45) is 3.24. The molecule has 0 radical (unpaired) electrons. The van der Waals surface area contributed by atoms with Crippen LogP contribution in [0.4, 0.5) is 8.78 Å². The number of hydrogen-bond donors (Lipinski definition) is 2. The first kappa shape index (κ1) is 29.3. The zero-order chi connectivity index (χ0) is 29.2. The SMILES string of the molecule is Cc1c(-c2ncco2)sc2c1c(=O)n(C(C)(C)C(=O)O)c(=O)n2CCc1ccccc1.OC1CCC(F)(F)CC1. The van der Waals surface area contributed by atoms with Crippen LogP contribution in [-0.2, 0) is 23.3 Å². The Labute approximate surface area is 232 Å². The van der Waals surface area contributed by atoms with Crippen molar-refractivity contribution < 1.29 is 28.2 Å². The summed E-state index contributed by atoms with van der Waals surface area (Å²) < 4.78 is 32.3. The monoisotopic (exact) mass is 575 g/mol. The lowest BCUT2D eigenvalue weighted by Crippen LogP contribution is -2.52. The Kier molecular flexibility index (Phi) is 8.41. The molecule has 0 atom stereocenters. The van der Waals surface area contributed by atoms with E-state index in [-0.39, 0.29) is 25.7 Å². The molecule has 40 heavy (non-hydrogen) atoms. The summed E-state index contributed by atoms with van der Waals surface area (Å²) in [5.74, 6) is -3.41. The van der Waals surface area contributed by atoms with Crippen LogP contribution >= 0.6 is 11.3 Å². The van der Waals surface area contributed by atoms with Crippen LogP contribution < -0.4 is 11.2 Å². The molecule has 1 fully saturated rings. The third-order valence-electron chi connectivity index (χ3n) is 7.07. The molecule has 0 unspecified atom stereocenters. The number of oxazole rings is 1. The minimum atomic E-state index is -2.50. The van der Waals surface area contributed by atoms with Crippen LogP contribution in [0, 0.1) is 6.92 Å². The Morgan fingerprint density at radius 3 is 2.40 bits per heavy atom. The molecular formula is C28H31F2N3O6S. The average molecular weight is 576 g/mol. The molecule has 3 heterocycles. The van der Waals surface area contributed by atoms with Gasteiger partial charge < -0.3 is 14.6 Å². The van der Waals surface area contributed by atoms with Crippen molar-refractivity contribution in [2.75, 3.05) is 0 Å². The predicted octanol–water partition coefficient (Wildman–Crippen LogP) is 4.81. The van der Waals surface area contributed by atoms with E-state index in [2.05, 4.69) is 4.98 Å². The molecule has 0 spiro atoms. The van der Waals surface area contributed by atoms with Gasteiger partial charge in [-0.25, -0.2) is 27.9 Å². The quantitative estimate of drug-likeness (QED) is 0.338. The van der Waals surface area contributed by atoms with Gasteiger partial charge >= 0.3 is 11.7 Å². The van der Waals surface area contributed by atoms with E-state index in [1.165, 1.54) is 42.2 Å². The first-order chi connectivity index (χ1) is 18.8. The number of carboxylic acids is 1. The molecule has 0 saturated heterocycles. The highest BCUT2D eigenvalue weighted by atomic mass is 32.1. The summed E-state index contributed by atoms with van der Waals surface area (Å²) in [6, 6.07) is 9.65. The third-order valence-corrected chi connectivity index (χ3v) is 8.38. The molecule has 1 aromatic carbocycles. The first-order valence-electron chi connectivity index (χ1n) is 12.9. The number of carboxylic acid groups (broad SMARTS) is 1. The molecule has 9 nitrogen and oxygen atoms in total. The maximum atomic E-state index is 13.4. The number of alkyl halides is 2. The second-order valence-corrected chi connectivity index (χ2v) is 11.3. The van der Waals surface area contributed by atoms with E-state index in [0.29, 0.717) is 39.5 Å². The normalized spacial score (nSPS) is 15.6. The lowest BCUT2D eigenvalue weighted by molar-refractivity contribution is -0.146. The van der Waals surface area contributed by atoms with Gasteiger partial charge in [-0.15, -0.1) is 11.3 Å². The van der Waals surface area contributed by atoms with Crippen molar-refractivity contribution in [1.82, 2.24) is 14.1 Å². The third kappa shape index (κ3) is 5.92. The van der Waals surface area contributed by atoms with Gasteiger partial charge in [-0.2, -0.15) is 0 Å². The zero-order valence-corrected chi connectivity index (χ0v) is 23.2. The summed E-state index contributed by atoms with van der Waals surface area (Å²) in [4.78, 5) is 44.0. The zero-order valence-electron chi connectivity index (χ0n) is 22.4. The van der Waals surface area contributed by atoms with Gasteiger partial charge in [0, 0.05) is 19.4 Å². The van der Waals surface area contributed by atoms with Gasteiger partial charge in [-0.3, -0.25) is 9.36 Å². The summed E-state index contributed by atoms with van der Waals surface area (Å²) >= 11 is 1.25. The Morgan fingerprint density at radius 1 is 1.20 bits per heavy atom. The number of carbonyl (C=O) groups is 1. The maximum absolute atomic E-state index is 13.4. The molecule has 0 amide bonds. The summed E-state index contributed by atoms with van der Waals surface area (Å²) in [5.41, 5.74) is -1.36. The van der Waals surface area contributed by atoms with Gasteiger partial charge in [0.05, 0.1) is 22.6 Å². The number of benzene rings is 1. The highest BCUT2D eigenvalue weighted by Crippen LogP contribution is 2.36. The molecule has 0 aliphatic heterocycles. The van der Waals surface area contributed by atoms with Gasteiger partial charge in [0.1, 0.15) is 16.6 Å². The van der Waals surface area contributed by atoms with Crippen molar-refractivity contribution >= 4 is 27.5 Å². The Balaban J connectivity index is 0.000000350. The van der Waals surface area contributed by atoms with Crippen molar-refractivity contribution in [3.05, 3.63) is 74.8 Å². The van der Waals surface area contributed by atoms with E-state index < -0.39 is 34.8 Å². The van der Waals surface area contributed by atoms with Gasteiger partial charge in [0.2, 0.25) is 11.8 Å². The Bertz CT molecular complexity index is 1600. The number of aryl methyl sites for hydroxylation is 3. The Morgan fingerprint density at radius 2 is 1.85 bits per heavy atom. The van der Waals surface area contributed by atoms with Crippen molar-refractivity contribution in [2.45, 2.75) is 77.0 Å². The number of thiophene rings is 1. The van der Waals surface area contributed by atoms with E-state index in [4.69, 9.17) is 9.52 Å². The summed E-state index contributed by atoms with van der Waals surface area (Å²) in [5, 5.41) is 18.8. The number of aromatic nitrogens is 3. The van der Waals surface area contributed by atoms with Crippen LogP contribution in [0.1, 0.15) is 50.7 Å². The molecule has 214 valence electrons. The maximum Gasteiger partial charge on any atom is 0.333 e. The highest BCUT2D eigenvalue weighted by molar-refractivity contribution is 7.22. The molecule has 0 bridgehead atoms. The number of aliphatic carboxylic acids is 1. The van der Waals surface area contributed by atoms with Crippen molar-refractivity contribution in [3.8, 4) is 10.8 Å². The number of halogens is 2. The topological polar surface area (TPSA) is 128 Å². The predicted molar refractivity (Wildman–Crippen MR) is 147 cm³/mol. The fourth-order valence-corrected chi connectivity index (χ4v) is 5.84. The van der Waals surface area contributed by atoms with Gasteiger partial charge in [0.15, 0.2) is 0 Å². The first-order valence-corrected chi connectivity index (χ1v) is 13.7. The number of nitrogens with zero attached hydrogens (tertiary/aromatic N) is 3. The number of rotatable bonds is 6. The van der Waals surface area contributed by atoms with Crippen LogP contribution in [0.5, 0.6) is 0 Å². The van der Waals surface area contributed by atoms with Crippen LogP contribution in [0.2, 0.25) is 0 Å². The number of fused-ring (bicyclic) bond motifs is 1. The number of hydrogen-bond acceptors (Lipinski definition) is 7. The lowest BCUT2D eigenvalue weighted by Gasteiger charge is -2.24. The van der Waals surface area contributed by atoms with E-state index >= 15 is 0 Å². The van der Waals surface area contributed by atoms with E-state index in [1.54, 1.807) is 6.92 Å². The highest BCUT2D eigenvalue weighted by Gasteiger charge is 2.36. The van der Waals surface area contributed by atoms with Crippen LogP contribution in [0.25, 0.3) is 21.0 Å². The molecule has 5 rings (SSSR count). The smallest absolute Gasteiger partial charge is 0.333 e. The second-order valence-electron chi connectivity index (χ2n) is 10.3. The van der Waals surface area contributed by atoms with Gasteiger partial charge in [-0.05, 0) is 51.2 Å². The molecule has 4 aromatic rings. The molecule has 12 heteroatoms. The van der Waals surface area contributed by atoms with Gasteiger partial charge in [-0.1, -0.05) is 30.3 Å². The van der Waals surface area contributed by atoms with Crippen molar-refractivity contribution in [3.63, 3.8) is 0 Å². The van der Waals surface area contributed by atoms with Crippen LogP contribution in [-0.4, -0.2) is 42.3 Å². The second kappa shape index (κ2) is 11.5. The van der Waals surface area contributed by atoms with Gasteiger partial charge in [0.25, 0.3) is 5.56 Å². The van der Waals surface area contributed by atoms with E-state index in [0.717, 1.165) is 10.1 Å². The lowest BCUT2D eigenvalue weighted by atomic mass is 9.94. The van der Waals surface area contributed by atoms with Crippen molar-refractivity contribution in [1.29, 1.82) is 0 Å². The van der Waals surface area contributed by atoms with E-state index in [1.807, 2.05) is 30.3 Å². The fraction of sp³-hybridized carbons (Fsp3) is 0.429. The average Bonchev–Trinajstić information content (AvgIpc) is 3.55. The Hall–Kier alpha value is -3.64. The molecule has 3 aromatic heterocycles. The standard InChI is InChI=1S/C22H21N3O5S.C6H10F2O/c1-13-15-18(26)25(22(2,3)20(27)28)21(29)24(11-9-14-7-5-4-6-8-14)19(15)31-16(13)17-23-10-12-30-17;7-6(8)3-1-5(9)2-4-6/h4-8,10,12H,9,11H2,1-3H3,(H,27,28);5,9H,1-4H2. The fourth-order valence-electron chi connectivity index (χ4n) is 4.58. The molecule has 1 saturated carbocycles. The molecule has 1 aliphatic rings. The number of aliphatic hydroxyl groups is 1. The molecule has 2 N–H and O–H groups in total. The molecule has 1 aliphatic carbocycles. The van der Waals surface area contributed by atoms with Crippen LogP contribution in [0.15, 0.2) is 56.8 Å². The molecular weight excluding hydrogens is 544 g/mol. The van der Waals surface area contributed by atoms with E-state index in [9.17, 15) is 28.3 Å². The van der Waals surface area contributed by atoms with Crippen molar-refractivity contribution in [2.24, 2.45) is 0 Å². The number of aliphatic hydroxyl groups excluding tert-OH is 1.